The van der Waals surface area contributed by atoms with Gasteiger partial charge in [-0.05, 0) is 25.8 Å². The van der Waals surface area contributed by atoms with Crippen LogP contribution in [0, 0.1) is 6.92 Å². The van der Waals surface area contributed by atoms with Gasteiger partial charge < -0.3 is 4.90 Å². The summed E-state index contributed by atoms with van der Waals surface area (Å²) in [4.78, 5) is 26.5. The van der Waals surface area contributed by atoms with Gasteiger partial charge in [-0.2, -0.15) is 18.3 Å². The molecule has 1 aliphatic heterocycles. The summed E-state index contributed by atoms with van der Waals surface area (Å²) in [7, 11) is 0. The summed E-state index contributed by atoms with van der Waals surface area (Å²) in [5.41, 5.74) is 0.279. The van der Waals surface area contributed by atoms with Gasteiger partial charge in [0.05, 0.1) is 11.9 Å². The van der Waals surface area contributed by atoms with Crippen molar-refractivity contribution in [3.8, 4) is 0 Å². The van der Waals surface area contributed by atoms with Gasteiger partial charge in [0, 0.05) is 43.2 Å². The van der Waals surface area contributed by atoms with E-state index in [0.29, 0.717) is 30.8 Å². The number of rotatable bonds is 2. The molecule has 10 heteroatoms. The van der Waals surface area contributed by atoms with Gasteiger partial charge in [-0.15, -0.1) is 0 Å². The zero-order valence-electron chi connectivity index (χ0n) is 15.0. The predicted molar refractivity (Wildman–Crippen MR) is 92.6 cm³/mol. The highest BCUT2D eigenvalue weighted by atomic mass is 19.4. The van der Waals surface area contributed by atoms with Gasteiger partial charge in [0.2, 0.25) is 0 Å². The van der Waals surface area contributed by atoms with E-state index < -0.39 is 11.9 Å². The van der Waals surface area contributed by atoms with Gasteiger partial charge >= 0.3 is 6.18 Å². The van der Waals surface area contributed by atoms with Crippen molar-refractivity contribution in [3.05, 3.63) is 53.5 Å². The molecule has 146 valence electrons. The average molecular weight is 390 g/mol. The fourth-order valence-corrected chi connectivity index (χ4v) is 3.49. The minimum absolute atomic E-state index is 0.153. The molecule has 3 aromatic rings. The van der Waals surface area contributed by atoms with E-state index in [1.807, 2.05) is 0 Å². The highest BCUT2D eigenvalue weighted by Gasteiger charge is 2.36. The molecule has 4 heterocycles. The fourth-order valence-electron chi connectivity index (χ4n) is 3.49. The number of aryl methyl sites for hydroxylation is 1. The molecule has 0 N–H and O–H groups in total. The van der Waals surface area contributed by atoms with Gasteiger partial charge in [0.25, 0.3) is 5.91 Å². The molecule has 0 aromatic carbocycles. The smallest absolute Gasteiger partial charge is 0.337 e. The third kappa shape index (κ3) is 3.41. The van der Waals surface area contributed by atoms with Gasteiger partial charge in [-0.25, -0.2) is 14.5 Å². The topological polar surface area (TPSA) is 76.3 Å². The third-order valence-corrected chi connectivity index (χ3v) is 4.77. The summed E-state index contributed by atoms with van der Waals surface area (Å²) in [6, 6.07) is 2.56. The van der Waals surface area contributed by atoms with Gasteiger partial charge in [0.1, 0.15) is 11.4 Å². The highest BCUT2D eigenvalue weighted by molar-refractivity contribution is 5.92. The highest BCUT2D eigenvalue weighted by Crippen LogP contribution is 2.33. The van der Waals surface area contributed by atoms with Crippen LogP contribution in [0.5, 0.6) is 0 Å². The Morgan fingerprint density at radius 2 is 2.07 bits per heavy atom. The summed E-state index contributed by atoms with van der Waals surface area (Å²) >= 11 is 0. The molecule has 0 saturated carbocycles. The molecule has 7 nitrogen and oxygen atoms in total. The molecule has 4 rings (SSSR count). The predicted octanol–water partition coefficient (Wildman–Crippen LogP) is 2.87. The van der Waals surface area contributed by atoms with E-state index in [1.54, 1.807) is 11.8 Å². The maximum absolute atomic E-state index is 13.5. The van der Waals surface area contributed by atoms with Crippen molar-refractivity contribution >= 4 is 11.6 Å². The van der Waals surface area contributed by atoms with Crippen LogP contribution in [-0.2, 0) is 6.18 Å². The number of amides is 1. The zero-order valence-corrected chi connectivity index (χ0v) is 15.0. The third-order valence-electron chi connectivity index (χ3n) is 4.77. The number of piperidine rings is 1. The monoisotopic (exact) mass is 390 g/mol. The van der Waals surface area contributed by atoms with Gasteiger partial charge in [-0.1, -0.05) is 0 Å². The van der Waals surface area contributed by atoms with Crippen LogP contribution < -0.4 is 0 Å². The second-order valence-electron chi connectivity index (χ2n) is 6.80. The molecular weight excluding hydrogens is 373 g/mol. The fraction of sp³-hybridized carbons (Fsp3) is 0.389. The molecule has 3 aromatic heterocycles. The number of likely N-dealkylation sites (tertiary alicyclic amines) is 1. The Balaban J connectivity index is 1.67. The summed E-state index contributed by atoms with van der Waals surface area (Å²) in [6.45, 7) is 2.42. The van der Waals surface area contributed by atoms with Crippen molar-refractivity contribution in [3.63, 3.8) is 0 Å². The summed E-state index contributed by atoms with van der Waals surface area (Å²) in [5.74, 6) is -0.578. The Hall–Kier alpha value is -3.04. The number of nitrogens with zero attached hydrogens (tertiary/aromatic N) is 6. The molecule has 1 fully saturated rings. The SMILES string of the molecule is Cc1cc2nc([C@@H]3CCCN(C(=O)c4cnccn4)C3)cc(C(F)(F)F)n2n1. The van der Waals surface area contributed by atoms with Crippen LogP contribution in [0.4, 0.5) is 13.2 Å². The number of hydrogen-bond donors (Lipinski definition) is 0. The maximum atomic E-state index is 13.5. The Morgan fingerprint density at radius 3 is 2.79 bits per heavy atom. The van der Waals surface area contributed by atoms with Crippen LogP contribution in [0.15, 0.2) is 30.7 Å². The summed E-state index contributed by atoms with van der Waals surface area (Å²) in [5, 5.41) is 3.90. The lowest BCUT2D eigenvalue weighted by molar-refractivity contribution is -0.142. The molecule has 1 saturated heterocycles. The first-order valence-electron chi connectivity index (χ1n) is 8.83. The minimum atomic E-state index is -4.56. The molecule has 0 spiro atoms. The molecule has 1 aliphatic rings. The van der Waals surface area contributed by atoms with Crippen LogP contribution >= 0.6 is 0 Å². The molecule has 0 aliphatic carbocycles. The Morgan fingerprint density at radius 1 is 1.25 bits per heavy atom. The van der Waals surface area contributed by atoms with E-state index in [4.69, 9.17) is 0 Å². The van der Waals surface area contributed by atoms with Crippen molar-refractivity contribution in [1.82, 2.24) is 29.5 Å². The van der Waals surface area contributed by atoms with E-state index in [1.165, 1.54) is 24.7 Å². The largest absolute Gasteiger partial charge is 0.433 e. The quantitative estimate of drug-likeness (QED) is 0.673. The molecule has 28 heavy (non-hydrogen) atoms. The van der Waals surface area contributed by atoms with Crippen molar-refractivity contribution in [2.24, 2.45) is 0 Å². The Labute approximate surface area is 158 Å². The maximum Gasteiger partial charge on any atom is 0.433 e. The lowest BCUT2D eigenvalue weighted by atomic mass is 9.93. The zero-order chi connectivity index (χ0) is 19.9. The van der Waals surface area contributed by atoms with Crippen LogP contribution in [-0.4, -0.2) is 48.5 Å². The Bertz CT molecular complexity index is 1020. The lowest BCUT2D eigenvalue weighted by Crippen LogP contribution is -2.39. The lowest BCUT2D eigenvalue weighted by Gasteiger charge is -2.32. The van der Waals surface area contributed by atoms with Crippen LogP contribution in [0.3, 0.4) is 0 Å². The van der Waals surface area contributed by atoms with Crippen molar-refractivity contribution in [2.45, 2.75) is 31.9 Å². The normalized spacial score (nSPS) is 17.9. The first-order valence-corrected chi connectivity index (χ1v) is 8.83. The van der Waals surface area contributed by atoms with E-state index in [0.717, 1.165) is 10.6 Å². The van der Waals surface area contributed by atoms with Crippen LogP contribution in [0.25, 0.3) is 5.65 Å². The number of carbonyl (C=O) groups is 1. The number of alkyl halides is 3. The standard InChI is InChI=1S/C18H17F3N6O/c1-11-7-16-24-13(8-15(18(19,20)21)27(16)25-11)12-3-2-6-26(10-12)17(28)14-9-22-4-5-23-14/h4-5,7-9,12H,2-3,6,10H2,1H3/t12-/m1/s1. The van der Waals surface area contributed by atoms with Crippen molar-refractivity contribution in [1.29, 1.82) is 0 Å². The van der Waals surface area contributed by atoms with Gasteiger partial charge in [-0.3, -0.25) is 9.78 Å². The number of fused-ring (bicyclic) bond motifs is 1. The van der Waals surface area contributed by atoms with Crippen LogP contribution in [0.2, 0.25) is 0 Å². The summed E-state index contributed by atoms with van der Waals surface area (Å²) in [6.07, 6.45) is 1.05. The molecule has 0 bridgehead atoms. The first-order chi connectivity index (χ1) is 13.3. The van der Waals surface area contributed by atoms with Crippen molar-refractivity contribution in [2.75, 3.05) is 13.1 Å². The number of aromatic nitrogens is 5. The number of halogens is 3. The van der Waals surface area contributed by atoms with E-state index >= 15 is 0 Å². The average Bonchev–Trinajstić information content (AvgIpc) is 3.06. The molecule has 1 atom stereocenters. The van der Waals surface area contributed by atoms with E-state index in [2.05, 4.69) is 20.1 Å². The molecular formula is C18H17F3N6O. The minimum Gasteiger partial charge on any atom is -0.337 e. The van der Waals surface area contributed by atoms with Gasteiger partial charge in [0.15, 0.2) is 5.65 Å². The Kier molecular flexibility index (Phi) is 4.48. The van der Waals surface area contributed by atoms with Crippen molar-refractivity contribution < 1.29 is 18.0 Å². The molecule has 0 unspecified atom stereocenters. The first kappa shape index (κ1) is 18.3. The van der Waals surface area contributed by atoms with E-state index in [-0.39, 0.29) is 29.7 Å². The second kappa shape index (κ2) is 6.84. The van der Waals surface area contributed by atoms with Crippen LogP contribution in [0.1, 0.15) is 46.3 Å². The molecule has 1 amide bonds. The number of carbonyl (C=O) groups excluding carboxylic acids is 1. The second-order valence-corrected chi connectivity index (χ2v) is 6.80. The molecule has 0 radical (unpaired) electrons. The summed E-state index contributed by atoms with van der Waals surface area (Å²) < 4.78 is 41.4. The van der Waals surface area contributed by atoms with E-state index in [9.17, 15) is 18.0 Å². The number of hydrogen-bond acceptors (Lipinski definition) is 5.